The summed E-state index contributed by atoms with van der Waals surface area (Å²) in [6.07, 6.45) is 2.75. The van der Waals surface area contributed by atoms with Crippen LogP contribution < -0.4 is 0 Å². The number of carbonyl (C=O) groups excluding carboxylic acids is 1. The number of ketones is 1. The zero-order chi connectivity index (χ0) is 14.2. The van der Waals surface area contributed by atoms with Gasteiger partial charge in [0.05, 0.1) is 5.41 Å². The maximum absolute atomic E-state index is 12.8. The molecule has 1 aliphatic rings. The lowest BCUT2D eigenvalue weighted by Crippen LogP contribution is -2.42. The van der Waals surface area contributed by atoms with Gasteiger partial charge in [0.1, 0.15) is 5.75 Å². The molecule has 0 atom stereocenters. The number of halogens is 1. The van der Waals surface area contributed by atoms with Gasteiger partial charge in [0.25, 0.3) is 0 Å². The number of phenolic OH excluding ortho intramolecular Hbond substituents is 1. The first-order valence-corrected chi connectivity index (χ1v) is 7.09. The topological polar surface area (TPSA) is 37.3 Å². The largest absolute Gasteiger partial charge is 0.508 e. The molecule has 0 unspecified atom stereocenters. The van der Waals surface area contributed by atoms with E-state index in [-0.39, 0.29) is 11.5 Å². The van der Waals surface area contributed by atoms with E-state index in [1.165, 1.54) is 0 Å². The van der Waals surface area contributed by atoms with E-state index in [2.05, 4.69) is 0 Å². The van der Waals surface area contributed by atoms with Crippen molar-refractivity contribution in [1.29, 1.82) is 0 Å². The number of rotatable bonds is 3. The molecular weight excluding hydrogens is 272 g/mol. The number of benzene rings is 2. The minimum atomic E-state index is -0.446. The zero-order valence-corrected chi connectivity index (χ0v) is 11.7. The van der Waals surface area contributed by atoms with Crippen LogP contribution in [0.3, 0.4) is 0 Å². The first kappa shape index (κ1) is 13.2. The number of carbonyl (C=O) groups is 1. The molecule has 3 rings (SSSR count). The minimum Gasteiger partial charge on any atom is -0.508 e. The fraction of sp³-hybridized carbons (Fsp3) is 0.235. The standard InChI is InChI=1S/C17H15ClO2/c18-14-7-5-13(6-8-14)17(9-2-10-17)16(20)12-3-1-4-15(19)11-12/h1,3-8,11,19H,2,9-10H2. The lowest BCUT2D eigenvalue weighted by Gasteiger charge is -2.41. The molecule has 2 aromatic carbocycles. The van der Waals surface area contributed by atoms with E-state index in [9.17, 15) is 9.90 Å². The zero-order valence-electron chi connectivity index (χ0n) is 11.0. The Bertz CT molecular complexity index is 642. The first-order valence-electron chi connectivity index (χ1n) is 6.72. The predicted molar refractivity (Wildman–Crippen MR) is 79.4 cm³/mol. The summed E-state index contributed by atoms with van der Waals surface area (Å²) in [5, 5.41) is 10.2. The Morgan fingerprint density at radius 2 is 1.80 bits per heavy atom. The van der Waals surface area contributed by atoms with E-state index in [1.807, 2.05) is 24.3 Å². The highest BCUT2D eigenvalue weighted by molar-refractivity contribution is 6.30. The van der Waals surface area contributed by atoms with Gasteiger partial charge in [-0.2, -0.15) is 0 Å². The fourth-order valence-corrected chi connectivity index (χ4v) is 3.00. The molecule has 0 amide bonds. The fourth-order valence-electron chi connectivity index (χ4n) is 2.87. The normalized spacial score (nSPS) is 16.4. The van der Waals surface area contributed by atoms with Crippen molar-refractivity contribution in [2.75, 3.05) is 0 Å². The summed E-state index contributed by atoms with van der Waals surface area (Å²) < 4.78 is 0. The molecule has 0 aromatic heterocycles. The quantitative estimate of drug-likeness (QED) is 0.852. The van der Waals surface area contributed by atoms with Crippen LogP contribution in [0.4, 0.5) is 0 Å². The SMILES string of the molecule is O=C(c1cccc(O)c1)C1(c2ccc(Cl)cc2)CCC1. The third-order valence-electron chi connectivity index (χ3n) is 4.15. The molecule has 0 saturated heterocycles. The molecule has 1 saturated carbocycles. The van der Waals surface area contributed by atoms with Gasteiger partial charge in [0.15, 0.2) is 5.78 Å². The van der Waals surface area contributed by atoms with Gasteiger partial charge in [-0.05, 0) is 42.7 Å². The average Bonchev–Trinajstić information content (AvgIpc) is 2.39. The predicted octanol–water partition coefficient (Wildman–Crippen LogP) is 4.35. The molecule has 3 heteroatoms. The van der Waals surface area contributed by atoms with Gasteiger partial charge in [-0.15, -0.1) is 0 Å². The van der Waals surface area contributed by atoms with Crippen molar-refractivity contribution >= 4 is 17.4 Å². The van der Waals surface area contributed by atoms with E-state index >= 15 is 0 Å². The van der Waals surface area contributed by atoms with Crippen LogP contribution in [0.15, 0.2) is 48.5 Å². The molecule has 2 aromatic rings. The van der Waals surface area contributed by atoms with Gasteiger partial charge in [0.2, 0.25) is 0 Å². The van der Waals surface area contributed by atoms with Crippen molar-refractivity contribution in [3.63, 3.8) is 0 Å². The number of Topliss-reactive ketones (excluding diaryl/α,β-unsaturated/α-hetero) is 1. The van der Waals surface area contributed by atoms with Gasteiger partial charge < -0.3 is 5.11 Å². The van der Waals surface area contributed by atoms with Crippen molar-refractivity contribution in [3.05, 3.63) is 64.7 Å². The van der Waals surface area contributed by atoms with Gasteiger partial charge in [-0.3, -0.25) is 4.79 Å². The molecule has 1 aliphatic carbocycles. The second kappa shape index (κ2) is 4.95. The smallest absolute Gasteiger partial charge is 0.173 e. The molecule has 20 heavy (non-hydrogen) atoms. The first-order chi connectivity index (χ1) is 9.62. The number of phenols is 1. The van der Waals surface area contributed by atoms with Crippen molar-refractivity contribution in [1.82, 2.24) is 0 Å². The van der Waals surface area contributed by atoms with Crippen molar-refractivity contribution in [2.45, 2.75) is 24.7 Å². The van der Waals surface area contributed by atoms with Crippen LogP contribution in [0.5, 0.6) is 5.75 Å². The maximum atomic E-state index is 12.8. The molecule has 0 aliphatic heterocycles. The van der Waals surface area contributed by atoms with Crippen LogP contribution in [-0.4, -0.2) is 10.9 Å². The van der Waals surface area contributed by atoms with E-state index in [1.54, 1.807) is 24.3 Å². The number of aromatic hydroxyl groups is 1. The third-order valence-corrected chi connectivity index (χ3v) is 4.40. The van der Waals surface area contributed by atoms with Crippen LogP contribution in [0, 0.1) is 0 Å². The Kier molecular flexibility index (Phi) is 3.27. The van der Waals surface area contributed by atoms with Crippen LogP contribution in [0.25, 0.3) is 0 Å². The Labute approximate surface area is 123 Å². The minimum absolute atomic E-state index is 0.0852. The van der Waals surface area contributed by atoms with Crippen molar-refractivity contribution < 1.29 is 9.90 Å². The molecule has 0 radical (unpaired) electrons. The van der Waals surface area contributed by atoms with Crippen LogP contribution in [-0.2, 0) is 5.41 Å². The van der Waals surface area contributed by atoms with E-state index in [0.29, 0.717) is 10.6 Å². The van der Waals surface area contributed by atoms with Crippen LogP contribution in [0.2, 0.25) is 5.02 Å². The molecule has 1 N–H and O–H groups in total. The van der Waals surface area contributed by atoms with Gasteiger partial charge >= 0.3 is 0 Å². The van der Waals surface area contributed by atoms with Crippen molar-refractivity contribution in [2.24, 2.45) is 0 Å². The Hall–Kier alpha value is -1.80. The molecule has 1 fully saturated rings. The highest BCUT2D eigenvalue weighted by Gasteiger charge is 2.45. The second-order valence-electron chi connectivity index (χ2n) is 5.32. The summed E-state index contributed by atoms with van der Waals surface area (Å²) >= 11 is 5.92. The van der Waals surface area contributed by atoms with Gasteiger partial charge in [0, 0.05) is 10.6 Å². The second-order valence-corrected chi connectivity index (χ2v) is 5.76. The molecular formula is C17H15ClO2. The Morgan fingerprint density at radius 1 is 1.10 bits per heavy atom. The Balaban J connectivity index is 2.00. The lowest BCUT2D eigenvalue weighted by atomic mass is 9.61. The summed E-state index contributed by atoms with van der Waals surface area (Å²) in [6.45, 7) is 0. The summed E-state index contributed by atoms with van der Waals surface area (Å²) in [5.74, 6) is 0.211. The number of hydrogen-bond donors (Lipinski definition) is 1. The molecule has 2 nitrogen and oxygen atoms in total. The summed E-state index contributed by atoms with van der Waals surface area (Å²) in [6, 6.07) is 14.1. The van der Waals surface area contributed by atoms with Crippen LogP contribution in [0.1, 0.15) is 35.2 Å². The van der Waals surface area contributed by atoms with E-state index in [4.69, 9.17) is 11.6 Å². The highest BCUT2D eigenvalue weighted by atomic mass is 35.5. The molecule has 0 heterocycles. The van der Waals surface area contributed by atoms with Gasteiger partial charge in [-0.1, -0.05) is 42.3 Å². The van der Waals surface area contributed by atoms with Crippen molar-refractivity contribution in [3.8, 4) is 5.75 Å². The third kappa shape index (κ3) is 2.10. The summed E-state index contributed by atoms with van der Waals surface area (Å²) in [5.41, 5.74) is 1.14. The van der Waals surface area contributed by atoms with Crippen LogP contribution >= 0.6 is 11.6 Å². The monoisotopic (exact) mass is 286 g/mol. The van der Waals surface area contributed by atoms with Gasteiger partial charge in [-0.25, -0.2) is 0 Å². The van der Waals surface area contributed by atoms with E-state index in [0.717, 1.165) is 24.8 Å². The maximum Gasteiger partial charge on any atom is 0.173 e. The Morgan fingerprint density at radius 3 is 2.35 bits per heavy atom. The summed E-state index contributed by atoms with van der Waals surface area (Å²) in [7, 11) is 0. The molecule has 102 valence electrons. The summed E-state index contributed by atoms with van der Waals surface area (Å²) in [4.78, 5) is 12.8. The highest BCUT2D eigenvalue weighted by Crippen LogP contribution is 2.46. The van der Waals surface area contributed by atoms with E-state index < -0.39 is 5.41 Å². The molecule has 0 spiro atoms. The lowest BCUT2D eigenvalue weighted by molar-refractivity contribution is 0.0788. The average molecular weight is 287 g/mol. The number of hydrogen-bond acceptors (Lipinski definition) is 2. The molecule has 0 bridgehead atoms.